The lowest BCUT2D eigenvalue weighted by atomic mass is 9.86. The molecule has 0 atom stereocenters. The van der Waals surface area contributed by atoms with E-state index >= 15 is 0 Å². The Hall–Kier alpha value is -0.620. The van der Waals surface area contributed by atoms with Gasteiger partial charge in [0.25, 0.3) is 0 Å². The average Bonchev–Trinajstić information content (AvgIpc) is 2.83. The van der Waals surface area contributed by atoms with Crippen molar-refractivity contribution in [1.29, 1.82) is 0 Å². The predicted octanol–water partition coefficient (Wildman–Crippen LogP) is 2.51. The third-order valence-corrected chi connectivity index (χ3v) is 5.95. The van der Waals surface area contributed by atoms with Gasteiger partial charge in [-0.1, -0.05) is 18.0 Å². The van der Waals surface area contributed by atoms with Crippen molar-refractivity contribution in [2.75, 3.05) is 32.8 Å². The monoisotopic (exact) mass is 340 g/mol. The van der Waals surface area contributed by atoms with E-state index < -0.39 is 0 Å². The van der Waals surface area contributed by atoms with Crippen LogP contribution in [-0.2, 0) is 18.3 Å². The number of hydrogen-bond donors (Lipinski definition) is 1. The Bertz CT molecular complexity index is 519. The lowest BCUT2D eigenvalue weighted by molar-refractivity contribution is -0.0358. The second kappa shape index (κ2) is 7.51. The van der Waals surface area contributed by atoms with Crippen LogP contribution in [0.1, 0.15) is 43.4 Å². The zero-order valence-corrected chi connectivity index (χ0v) is 15.2. The van der Waals surface area contributed by atoms with Gasteiger partial charge in [0, 0.05) is 44.5 Å². The molecule has 3 rings (SSSR count). The molecule has 0 unspecified atom stereocenters. The molecule has 2 fully saturated rings. The second-order valence-corrected chi connectivity index (χ2v) is 7.32. The van der Waals surface area contributed by atoms with Gasteiger partial charge in [0.15, 0.2) is 0 Å². The van der Waals surface area contributed by atoms with E-state index in [1.54, 1.807) is 4.68 Å². The normalized spacial score (nSPS) is 22.4. The molecule has 5 nitrogen and oxygen atoms in total. The summed E-state index contributed by atoms with van der Waals surface area (Å²) in [6.45, 7) is 8.03. The Morgan fingerprint density at radius 1 is 1.22 bits per heavy atom. The van der Waals surface area contributed by atoms with Crippen LogP contribution < -0.4 is 5.32 Å². The summed E-state index contributed by atoms with van der Waals surface area (Å²) in [6, 6.07) is 0. The number of aryl methyl sites for hydroxylation is 2. The van der Waals surface area contributed by atoms with Crippen molar-refractivity contribution in [2.45, 2.75) is 51.1 Å². The Balaban J connectivity index is 1.64. The number of halogens is 1. The van der Waals surface area contributed by atoms with Gasteiger partial charge in [0.1, 0.15) is 5.15 Å². The number of ether oxygens (including phenoxy) is 1. The molecule has 1 aromatic rings. The zero-order chi connectivity index (χ0) is 16.3. The summed E-state index contributed by atoms with van der Waals surface area (Å²) in [5.41, 5.74) is 2.39. The number of nitrogens with zero attached hydrogens (tertiary/aromatic N) is 3. The molecular formula is C17H29ClN4O. The molecule has 0 radical (unpaired) electrons. The van der Waals surface area contributed by atoms with Gasteiger partial charge in [-0.15, -0.1) is 0 Å². The maximum absolute atomic E-state index is 6.35. The summed E-state index contributed by atoms with van der Waals surface area (Å²) < 4.78 is 7.39. The number of piperidine rings is 1. The Labute approximate surface area is 144 Å². The van der Waals surface area contributed by atoms with Crippen LogP contribution >= 0.6 is 11.6 Å². The summed E-state index contributed by atoms with van der Waals surface area (Å²) in [7, 11) is 1.90. The minimum Gasteiger partial charge on any atom is -0.381 e. The molecule has 1 N–H and O–H groups in total. The van der Waals surface area contributed by atoms with E-state index in [-0.39, 0.29) is 5.54 Å². The van der Waals surface area contributed by atoms with Crippen LogP contribution in [0.5, 0.6) is 0 Å². The standard InChI is InChI=1S/C17H29ClN4O/c1-14-15(16(18)21(2)20-14)12-19-13-17(6-10-23-11-7-17)22-8-4-3-5-9-22/h19H,3-13H2,1-2H3. The first-order valence-electron chi connectivity index (χ1n) is 8.84. The van der Waals surface area contributed by atoms with E-state index in [0.717, 1.165) is 55.6 Å². The van der Waals surface area contributed by atoms with Gasteiger partial charge in [-0.25, -0.2) is 0 Å². The lowest BCUT2D eigenvalue weighted by Crippen LogP contribution is -2.59. The SMILES string of the molecule is Cc1nn(C)c(Cl)c1CNCC1(N2CCCCC2)CCOCC1. The van der Waals surface area contributed by atoms with Gasteiger partial charge in [0.2, 0.25) is 0 Å². The number of hydrogen-bond acceptors (Lipinski definition) is 4. The molecule has 0 bridgehead atoms. The number of aromatic nitrogens is 2. The fraction of sp³-hybridized carbons (Fsp3) is 0.824. The van der Waals surface area contributed by atoms with Crippen LogP contribution in [0.15, 0.2) is 0 Å². The molecule has 0 aliphatic carbocycles. The molecule has 23 heavy (non-hydrogen) atoms. The van der Waals surface area contributed by atoms with Crippen LogP contribution in [0.4, 0.5) is 0 Å². The molecule has 0 saturated carbocycles. The minimum atomic E-state index is 0.251. The third-order valence-electron chi connectivity index (χ3n) is 5.48. The van der Waals surface area contributed by atoms with Gasteiger partial charge in [-0.2, -0.15) is 5.10 Å². The zero-order valence-electron chi connectivity index (χ0n) is 14.4. The van der Waals surface area contributed by atoms with E-state index in [4.69, 9.17) is 16.3 Å². The first-order valence-corrected chi connectivity index (χ1v) is 9.22. The lowest BCUT2D eigenvalue weighted by Gasteiger charge is -2.48. The smallest absolute Gasteiger partial charge is 0.131 e. The van der Waals surface area contributed by atoms with E-state index in [0.29, 0.717) is 0 Å². The summed E-state index contributed by atoms with van der Waals surface area (Å²) in [6.07, 6.45) is 6.28. The van der Waals surface area contributed by atoms with Crippen LogP contribution in [0.3, 0.4) is 0 Å². The predicted molar refractivity (Wildman–Crippen MR) is 92.9 cm³/mol. The van der Waals surface area contributed by atoms with Crippen molar-refractivity contribution in [3.05, 3.63) is 16.4 Å². The highest BCUT2D eigenvalue weighted by Crippen LogP contribution is 2.30. The topological polar surface area (TPSA) is 42.3 Å². The minimum absolute atomic E-state index is 0.251. The maximum atomic E-state index is 6.35. The van der Waals surface area contributed by atoms with Crippen LogP contribution in [-0.4, -0.2) is 53.1 Å². The van der Waals surface area contributed by atoms with Crippen LogP contribution in [0.25, 0.3) is 0 Å². The highest BCUT2D eigenvalue weighted by atomic mass is 35.5. The number of likely N-dealkylation sites (tertiary alicyclic amines) is 1. The molecule has 2 aliphatic heterocycles. The van der Waals surface area contributed by atoms with Crippen molar-refractivity contribution >= 4 is 11.6 Å². The average molecular weight is 341 g/mol. The molecule has 0 amide bonds. The summed E-state index contributed by atoms with van der Waals surface area (Å²) in [5, 5.41) is 8.81. The molecular weight excluding hydrogens is 312 g/mol. The Morgan fingerprint density at radius 3 is 2.52 bits per heavy atom. The summed E-state index contributed by atoms with van der Waals surface area (Å²) in [5.74, 6) is 0. The van der Waals surface area contributed by atoms with E-state index in [1.807, 2.05) is 14.0 Å². The van der Waals surface area contributed by atoms with Crippen molar-refractivity contribution in [2.24, 2.45) is 7.05 Å². The highest BCUT2D eigenvalue weighted by Gasteiger charge is 2.38. The largest absolute Gasteiger partial charge is 0.381 e. The second-order valence-electron chi connectivity index (χ2n) is 6.97. The fourth-order valence-corrected chi connectivity index (χ4v) is 4.26. The molecule has 3 heterocycles. The fourth-order valence-electron chi connectivity index (χ4n) is 4.02. The van der Waals surface area contributed by atoms with Crippen LogP contribution in [0.2, 0.25) is 5.15 Å². The molecule has 130 valence electrons. The molecule has 6 heteroatoms. The number of nitrogens with one attached hydrogen (secondary N) is 1. The van der Waals surface area contributed by atoms with Gasteiger partial charge in [-0.3, -0.25) is 9.58 Å². The molecule has 1 aromatic heterocycles. The van der Waals surface area contributed by atoms with Crippen molar-refractivity contribution in [3.63, 3.8) is 0 Å². The molecule has 0 spiro atoms. The van der Waals surface area contributed by atoms with Gasteiger partial charge in [-0.05, 0) is 45.7 Å². The first kappa shape index (κ1) is 17.2. The molecule has 2 saturated heterocycles. The van der Waals surface area contributed by atoms with E-state index in [9.17, 15) is 0 Å². The Morgan fingerprint density at radius 2 is 1.91 bits per heavy atom. The van der Waals surface area contributed by atoms with Crippen molar-refractivity contribution < 1.29 is 4.74 Å². The Kier molecular flexibility index (Phi) is 5.62. The molecule has 0 aromatic carbocycles. The maximum Gasteiger partial charge on any atom is 0.131 e. The van der Waals surface area contributed by atoms with Crippen molar-refractivity contribution in [3.8, 4) is 0 Å². The number of rotatable bonds is 5. The third kappa shape index (κ3) is 3.73. The van der Waals surface area contributed by atoms with Gasteiger partial charge in [0.05, 0.1) is 5.69 Å². The van der Waals surface area contributed by atoms with E-state index in [2.05, 4.69) is 15.3 Å². The quantitative estimate of drug-likeness (QED) is 0.894. The summed E-state index contributed by atoms with van der Waals surface area (Å²) >= 11 is 6.35. The van der Waals surface area contributed by atoms with Gasteiger partial charge >= 0.3 is 0 Å². The van der Waals surface area contributed by atoms with Crippen LogP contribution in [0, 0.1) is 6.92 Å². The van der Waals surface area contributed by atoms with E-state index in [1.165, 1.54) is 32.4 Å². The molecule has 2 aliphatic rings. The summed E-state index contributed by atoms with van der Waals surface area (Å²) in [4.78, 5) is 2.71. The van der Waals surface area contributed by atoms with Gasteiger partial charge < -0.3 is 10.1 Å². The first-order chi connectivity index (χ1) is 11.1. The highest BCUT2D eigenvalue weighted by molar-refractivity contribution is 6.30. The van der Waals surface area contributed by atoms with Crippen molar-refractivity contribution in [1.82, 2.24) is 20.0 Å².